The highest BCUT2D eigenvalue weighted by molar-refractivity contribution is 6.05. The summed E-state index contributed by atoms with van der Waals surface area (Å²) in [6.07, 6.45) is 3.42. The Morgan fingerprint density at radius 1 is 1.53 bits per heavy atom. The molecule has 2 aromatic heterocycles. The van der Waals surface area contributed by atoms with Crippen molar-refractivity contribution in [3.05, 3.63) is 30.1 Å². The second kappa shape index (κ2) is 4.18. The highest BCUT2D eigenvalue weighted by Crippen LogP contribution is 2.15. The molecule has 17 heavy (non-hydrogen) atoms. The zero-order valence-electron chi connectivity index (χ0n) is 9.36. The number of fused-ring (bicyclic) bond motifs is 1. The van der Waals surface area contributed by atoms with E-state index in [0.29, 0.717) is 11.5 Å². The molecule has 1 aliphatic rings. The lowest BCUT2D eigenvalue weighted by molar-refractivity contribution is 0.0944. The van der Waals surface area contributed by atoms with E-state index in [1.807, 2.05) is 12.1 Å². The lowest BCUT2D eigenvalue weighted by Gasteiger charge is -2.26. The zero-order valence-corrected chi connectivity index (χ0v) is 9.36. The summed E-state index contributed by atoms with van der Waals surface area (Å²) in [4.78, 5) is 19.1. The van der Waals surface area contributed by atoms with Crippen LogP contribution in [0.25, 0.3) is 11.0 Å². The number of aromatic nitrogens is 2. The van der Waals surface area contributed by atoms with Crippen molar-refractivity contribution < 1.29 is 4.79 Å². The van der Waals surface area contributed by atoms with Gasteiger partial charge in [0.15, 0.2) is 0 Å². The van der Waals surface area contributed by atoms with Gasteiger partial charge in [-0.15, -0.1) is 0 Å². The molecule has 0 radical (unpaired) electrons. The third-order valence-corrected chi connectivity index (χ3v) is 3.11. The van der Waals surface area contributed by atoms with Crippen LogP contribution in [-0.2, 0) is 0 Å². The minimum Gasteiger partial charge on any atom is -0.352 e. The molecule has 5 heteroatoms. The highest BCUT2D eigenvalue weighted by atomic mass is 16.1. The summed E-state index contributed by atoms with van der Waals surface area (Å²) in [5, 5.41) is 7.01. The van der Waals surface area contributed by atoms with Gasteiger partial charge in [-0.1, -0.05) is 0 Å². The summed E-state index contributed by atoms with van der Waals surface area (Å²) in [6.45, 7) is 2.73. The molecular weight excluding hydrogens is 216 g/mol. The largest absolute Gasteiger partial charge is 0.352 e. The van der Waals surface area contributed by atoms with Crippen LogP contribution in [0.2, 0.25) is 0 Å². The molecule has 0 aromatic carbocycles. The quantitative estimate of drug-likeness (QED) is 0.719. The van der Waals surface area contributed by atoms with Crippen LogP contribution in [0.5, 0.6) is 0 Å². The monoisotopic (exact) mass is 230 g/mol. The van der Waals surface area contributed by atoms with E-state index in [1.165, 1.54) is 0 Å². The molecule has 0 spiro atoms. The molecule has 1 aliphatic heterocycles. The van der Waals surface area contributed by atoms with Crippen molar-refractivity contribution in [2.24, 2.45) is 5.92 Å². The first-order chi connectivity index (χ1) is 8.34. The fourth-order valence-electron chi connectivity index (χ4n) is 1.97. The number of nitrogens with zero attached hydrogens (tertiary/aromatic N) is 1. The molecule has 5 nitrogen and oxygen atoms in total. The fraction of sp³-hybridized carbons (Fsp3) is 0.333. The molecule has 3 rings (SSSR count). The Balaban J connectivity index is 1.75. The smallest absolute Gasteiger partial charge is 0.253 e. The van der Waals surface area contributed by atoms with Crippen molar-refractivity contribution in [1.82, 2.24) is 20.6 Å². The molecule has 1 amide bonds. The fourth-order valence-corrected chi connectivity index (χ4v) is 1.97. The first kappa shape index (κ1) is 10.3. The van der Waals surface area contributed by atoms with Gasteiger partial charge in [-0.3, -0.25) is 4.79 Å². The number of pyridine rings is 1. The zero-order chi connectivity index (χ0) is 11.7. The predicted octanol–water partition coefficient (Wildman–Crippen LogP) is 0.512. The number of amides is 1. The predicted molar refractivity (Wildman–Crippen MR) is 64.8 cm³/mol. The van der Waals surface area contributed by atoms with E-state index in [2.05, 4.69) is 20.6 Å². The number of aromatic amines is 1. The van der Waals surface area contributed by atoms with Crippen molar-refractivity contribution >= 4 is 16.9 Å². The van der Waals surface area contributed by atoms with E-state index in [9.17, 15) is 4.79 Å². The van der Waals surface area contributed by atoms with E-state index < -0.39 is 0 Å². The van der Waals surface area contributed by atoms with Crippen LogP contribution in [0, 0.1) is 5.92 Å². The van der Waals surface area contributed by atoms with Gasteiger partial charge in [-0.2, -0.15) is 0 Å². The van der Waals surface area contributed by atoms with Gasteiger partial charge in [0.05, 0.1) is 5.56 Å². The van der Waals surface area contributed by atoms with Crippen LogP contribution in [0.3, 0.4) is 0 Å². The van der Waals surface area contributed by atoms with E-state index in [-0.39, 0.29) is 5.91 Å². The highest BCUT2D eigenvalue weighted by Gasteiger charge is 2.18. The van der Waals surface area contributed by atoms with Crippen LogP contribution < -0.4 is 10.6 Å². The lowest BCUT2D eigenvalue weighted by Crippen LogP contribution is -2.48. The topological polar surface area (TPSA) is 69.8 Å². The minimum atomic E-state index is -0.0313. The van der Waals surface area contributed by atoms with Crippen LogP contribution in [0.4, 0.5) is 0 Å². The molecule has 0 saturated carbocycles. The summed E-state index contributed by atoms with van der Waals surface area (Å²) in [6, 6.07) is 3.74. The number of carbonyl (C=O) groups excluding carboxylic acids is 1. The van der Waals surface area contributed by atoms with E-state index in [4.69, 9.17) is 0 Å². The number of nitrogens with one attached hydrogen (secondary N) is 3. The number of hydrogen-bond donors (Lipinski definition) is 3. The molecule has 0 bridgehead atoms. The Hall–Kier alpha value is -1.88. The summed E-state index contributed by atoms with van der Waals surface area (Å²) in [7, 11) is 0. The number of hydrogen-bond acceptors (Lipinski definition) is 3. The molecule has 2 aromatic rings. The number of H-pyrrole nitrogens is 1. The van der Waals surface area contributed by atoms with Crippen LogP contribution >= 0.6 is 0 Å². The Kier molecular flexibility index (Phi) is 2.53. The van der Waals surface area contributed by atoms with Crippen molar-refractivity contribution in [1.29, 1.82) is 0 Å². The maximum Gasteiger partial charge on any atom is 0.253 e. The van der Waals surface area contributed by atoms with Gasteiger partial charge in [0, 0.05) is 43.3 Å². The van der Waals surface area contributed by atoms with E-state index in [1.54, 1.807) is 12.4 Å². The number of carbonyl (C=O) groups is 1. The normalized spacial score (nSPS) is 15.8. The van der Waals surface area contributed by atoms with Crippen molar-refractivity contribution in [3.8, 4) is 0 Å². The third-order valence-electron chi connectivity index (χ3n) is 3.11. The molecule has 0 unspecified atom stereocenters. The Morgan fingerprint density at radius 2 is 2.41 bits per heavy atom. The Labute approximate surface area is 98.6 Å². The van der Waals surface area contributed by atoms with Gasteiger partial charge in [-0.05, 0) is 12.1 Å². The van der Waals surface area contributed by atoms with E-state index >= 15 is 0 Å². The SMILES string of the molecule is O=C(NCC1CNC1)c1c[nH]c2ncccc12. The molecule has 0 aliphatic carbocycles. The summed E-state index contributed by atoms with van der Waals surface area (Å²) in [5.74, 6) is 0.540. The Morgan fingerprint density at radius 3 is 3.18 bits per heavy atom. The maximum absolute atomic E-state index is 12.0. The third kappa shape index (κ3) is 1.89. The first-order valence-electron chi connectivity index (χ1n) is 5.75. The van der Waals surface area contributed by atoms with Gasteiger partial charge in [0.2, 0.25) is 0 Å². The van der Waals surface area contributed by atoms with Crippen molar-refractivity contribution in [3.63, 3.8) is 0 Å². The standard InChI is InChI=1S/C12H14N4O/c17-12(16-6-8-4-13-5-8)10-7-15-11-9(10)2-1-3-14-11/h1-3,7-8,13H,4-6H2,(H,14,15)(H,16,17). The molecule has 3 heterocycles. The average molecular weight is 230 g/mol. The second-order valence-corrected chi connectivity index (χ2v) is 4.34. The van der Waals surface area contributed by atoms with Crippen LogP contribution in [0.1, 0.15) is 10.4 Å². The van der Waals surface area contributed by atoms with Gasteiger partial charge >= 0.3 is 0 Å². The lowest BCUT2D eigenvalue weighted by atomic mass is 10.0. The number of rotatable bonds is 3. The van der Waals surface area contributed by atoms with Crippen LogP contribution in [0.15, 0.2) is 24.5 Å². The van der Waals surface area contributed by atoms with E-state index in [0.717, 1.165) is 30.7 Å². The Bertz CT molecular complexity index is 544. The van der Waals surface area contributed by atoms with Gasteiger partial charge < -0.3 is 15.6 Å². The molecule has 88 valence electrons. The average Bonchev–Trinajstić information content (AvgIpc) is 2.70. The molecule has 1 saturated heterocycles. The second-order valence-electron chi connectivity index (χ2n) is 4.34. The summed E-state index contributed by atoms with van der Waals surface area (Å²) >= 11 is 0. The molecule has 3 N–H and O–H groups in total. The minimum absolute atomic E-state index is 0.0313. The van der Waals surface area contributed by atoms with Gasteiger partial charge in [-0.25, -0.2) is 4.98 Å². The molecule has 0 atom stereocenters. The van der Waals surface area contributed by atoms with Gasteiger partial charge in [0.1, 0.15) is 5.65 Å². The van der Waals surface area contributed by atoms with Gasteiger partial charge in [0.25, 0.3) is 5.91 Å². The maximum atomic E-state index is 12.0. The van der Waals surface area contributed by atoms with Crippen LogP contribution in [-0.4, -0.2) is 35.5 Å². The van der Waals surface area contributed by atoms with Crippen molar-refractivity contribution in [2.75, 3.05) is 19.6 Å². The molecule has 1 fully saturated rings. The first-order valence-corrected chi connectivity index (χ1v) is 5.75. The molecular formula is C12H14N4O. The van der Waals surface area contributed by atoms with Crippen molar-refractivity contribution in [2.45, 2.75) is 0 Å². The summed E-state index contributed by atoms with van der Waals surface area (Å²) < 4.78 is 0. The summed E-state index contributed by atoms with van der Waals surface area (Å²) in [5.41, 5.74) is 1.42.